The van der Waals surface area contributed by atoms with Crippen LogP contribution in [0.1, 0.15) is 37.8 Å². The van der Waals surface area contributed by atoms with E-state index in [-0.39, 0.29) is 23.9 Å². The van der Waals surface area contributed by atoms with E-state index in [0.29, 0.717) is 31.0 Å². The van der Waals surface area contributed by atoms with Gasteiger partial charge in [-0.15, -0.1) is 0 Å². The Kier molecular flexibility index (Phi) is 6.49. The third-order valence-corrected chi connectivity index (χ3v) is 4.77. The Morgan fingerprint density at radius 2 is 1.83 bits per heavy atom. The van der Waals surface area contributed by atoms with Crippen LogP contribution in [0.4, 0.5) is 4.79 Å². The zero-order chi connectivity index (χ0) is 17.7. The average Bonchev–Trinajstić information content (AvgIpc) is 2.59. The van der Waals surface area contributed by atoms with Crippen LogP contribution in [0, 0.1) is 5.92 Å². The van der Waals surface area contributed by atoms with Gasteiger partial charge in [0.2, 0.25) is 5.91 Å². The molecule has 2 rings (SSSR count). The van der Waals surface area contributed by atoms with Gasteiger partial charge in [0.05, 0.1) is 6.04 Å². The molecule has 1 saturated heterocycles. The highest BCUT2D eigenvalue weighted by Gasteiger charge is 2.29. The summed E-state index contributed by atoms with van der Waals surface area (Å²) in [5, 5.41) is 3.84. The summed E-state index contributed by atoms with van der Waals surface area (Å²) >= 11 is 5.93. The van der Waals surface area contributed by atoms with Crippen LogP contribution < -0.4 is 5.32 Å². The van der Waals surface area contributed by atoms with Crippen LogP contribution in [-0.2, 0) is 4.79 Å². The van der Waals surface area contributed by atoms with Crippen molar-refractivity contribution < 1.29 is 9.59 Å². The molecule has 1 unspecified atom stereocenters. The molecule has 1 fully saturated rings. The van der Waals surface area contributed by atoms with Crippen molar-refractivity contribution in [2.45, 2.75) is 32.2 Å². The molecule has 1 aliphatic rings. The van der Waals surface area contributed by atoms with Gasteiger partial charge in [0, 0.05) is 38.1 Å². The number of hydrogen-bond acceptors (Lipinski definition) is 2. The summed E-state index contributed by atoms with van der Waals surface area (Å²) in [4.78, 5) is 27.9. The standard InChI is InChI=1S/C18H26ClN3O2/c1-4-16(13-5-7-15(19)8-6-13)20-17(23)14-9-11-22(12-10-14)18(24)21(2)3/h5-8,14,16H,4,9-12H2,1-3H3,(H,20,23). The zero-order valence-electron chi connectivity index (χ0n) is 14.6. The second-order valence-corrected chi connectivity index (χ2v) is 6.90. The molecule has 0 radical (unpaired) electrons. The van der Waals surface area contributed by atoms with E-state index < -0.39 is 0 Å². The number of piperidine rings is 1. The zero-order valence-corrected chi connectivity index (χ0v) is 15.3. The number of rotatable bonds is 4. The molecule has 0 spiro atoms. The molecule has 0 bridgehead atoms. The summed E-state index contributed by atoms with van der Waals surface area (Å²) in [6.07, 6.45) is 2.25. The predicted octanol–water partition coefficient (Wildman–Crippen LogP) is 3.30. The number of carbonyl (C=O) groups is 2. The first kappa shape index (κ1) is 18.6. The van der Waals surface area contributed by atoms with Gasteiger partial charge in [0.15, 0.2) is 0 Å². The number of benzene rings is 1. The summed E-state index contributed by atoms with van der Waals surface area (Å²) in [5.41, 5.74) is 1.07. The van der Waals surface area contributed by atoms with E-state index in [1.807, 2.05) is 24.3 Å². The second kappa shape index (κ2) is 8.38. The third-order valence-electron chi connectivity index (χ3n) is 4.52. The van der Waals surface area contributed by atoms with E-state index in [4.69, 9.17) is 11.6 Å². The minimum Gasteiger partial charge on any atom is -0.349 e. The van der Waals surface area contributed by atoms with Gasteiger partial charge < -0.3 is 15.1 Å². The first-order chi connectivity index (χ1) is 11.4. The van der Waals surface area contributed by atoms with Crippen LogP contribution in [0.5, 0.6) is 0 Å². The van der Waals surface area contributed by atoms with Crippen molar-refractivity contribution in [2.75, 3.05) is 27.2 Å². The molecule has 0 saturated carbocycles. The van der Waals surface area contributed by atoms with Crippen LogP contribution in [-0.4, -0.2) is 48.9 Å². The molecular formula is C18H26ClN3O2. The molecule has 1 aliphatic heterocycles. The second-order valence-electron chi connectivity index (χ2n) is 6.46. The van der Waals surface area contributed by atoms with E-state index >= 15 is 0 Å². The third kappa shape index (κ3) is 4.63. The van der Waals surface area contributed by atoms with Gasteiger partial charge >= 0.3 is 6.03 Å². The lowest BCUT2D eigenvalue weighted by Gasteiger charge is -2.33. The summed E-state index contributed by atoms with van der Waals surface area (Å²) in [6, 6.07) is 7.61. The van der Waals surface area contributed by atoms with E-state index in [0.717, 1.165) is 12.0 Å². The number of likely N-dealkylation sites (tertiary alicyclic amines) is 1. The van der Waals surface area contributed by atoms with Crippen molar-refractivity contribution in [1.29, 1.82) is 0 Å². The van der Waals surface area contributed by atoms with Gasteiger partial charge in [0.1, 0.15) is 0 Å². The number of nitrogens with one attached hydrogen (secondary N) is 1. The van der Waals surface area contributed by atoms with Crippen LogP contribution in [0.2, 0.25) is 5.02 Å². The van der Waals surface area contributed by atoms with Gasteiger partial charge in [-0.1, -0.05) is 30.7 Å². The number of hydrogen-bond donors (Lipinski definition) is 1. The minimum atomic E-state index is -0.0300. The molecule has 5 nitrogen and oxygen atoms in total. The average molecular weight is 352 g/mol. The fraction of sp³-hybridized carbons (Fsp3) is 0.556. The van der Waals surface area contributed by atoms with E-state index in [9.17, 15) is 9.59 Å². The molecule has 24 heavy (non-hydrogen) atoms. The first-order valence-electron chi connectivity index (χ1n) is 8.44. The van der Waals surface area contributed by atoms with Crippen LogP contribution >= 0.6 is 11.6 Å². The van der Waals surface area contributed by atoms with E-state index in [1.165, 1.54) is 0 Å². The molecule has 0 aromatic heterocycles. The molecule has 1 heterocycles. The smallest absolute Gasteiger partial charge is 0.319 e. The maximum Gasteiger partial charge on any atom is 0.319 e. The predicted molar refractivity (Wildman–Crippen MR) is 96.0 cm³/mol. The Bertz CT molecular complexity index is 566. The number of amides is 3. The molecule has 1 aromatic rings. The Balaban J connectivity index is 1.90. The number of halogens is 1. The summed E-state index contributed by atoms with van der Waals surface area (Å²) in [6.45, 7) is 3.32. The fourth-order valence-corrected chi connectivity index (χ4v) is 3.15. The van der Waals surface area contributed by atoms with Crippen molar-refractivity contribution in [3.63, 3.8) is 0 Å². The van der Waals surface area contributed by atoms with Gasteiger partial charge in [-0.3, -0.25) is 4.79 Å². The number of nitrogens with zero attached hydrogens (tertiary/aromatic N) is 2. The van der Waals surface area contributed by atoms with Crippen molar-refractivity contribution in [1.82, 2.24) is 15.1 Å². The maximum absolute atomic E-state index is 12.6. The van der Waals surface area contributed by atoms with Gasteiger partial charge in [0.25, 0.3) is 0 Å². The number of urea groups is 1. The van der Waals surface area contributed by atoms with Crippen LogP contribution in [0.15, 0.2) is 24.3 Å². The lowest BCUT2D eigenvalue weighted by atomic mass is 9.95. The highest BCUT2D eigenvalue weighted by molar-refractivity contribution is 6.30. The molecule has 0 aliphatic carbocycles. The largest absolute Gasteiger partial charge is 0.349 e. The highest BCUT2D eigenvalue weighted by atomic mass is 35.5. The molecule has 6 heteroatoms. The SMILES string of the molecule is CCC(NC(=O)C1CCN(C(=O)N(C)C)CC1)c1ccc(Cl)cc1. The van der Waals surface area contributed by atoms with Crippen molar-refractivity contribution in [2.24, 2.45) is 5.92 Å². The monoisotopic (exact) mass is 351 g/mol. The van der Waals surface area contributed by atoms with Crippen LogP contribution in [0.25, 0.3) is 0 Å². The molecule has 1 atom stereocenters. The van der Waals surface area contributed by atoms with E-state index in [1.54, 1.807) is 23.9 Å². The van der Waals surface area contributed by atoms with Crippen LogP contribution in [0.3, 0.4) is 0 Å². The molecule has 1 aromatic carbocycles. The molecular weight excluding hydrogens is 326 g/mol. The first-order valence-corrected chi connectivity index (χ1v) is 8.82. The molecule has 3 amide bonds. The van der Waals surface area contributed by atoms with E-state index in [2.05, 4.69) is 12.2 Å². The maximum atomic E-state index is 12.6. The minimum absolute atomic E-state index is 0.00352. The Labute approximate surface area is 149 Å². The fourth-order valence-electron chi connectivity index (χ4n) is 3.02. The van der Waals surface area contributed by atoms with Crippen molar-refractivity contribution in [3.05, 3.63) is 34.9 Å². The Hall–Kier alpha value is -1.75. The topological polar surface area (TPSA) is 52.7 Å². The Morgan fingerprint density at radius 1 is 1.25 bits per heavy atom. The van der Waals surface area contributed by atoms with Crippen molar-refractivity contribution >= 4 is 23.5 Å². The quantitative estimate of drug-likeness (QED) is 0.904. The normalized spacial score (nSPS) is 16.6. The molecule has 1 N–H and O–H groups in total. The van der Waals surface area contributed by atoms with Gasteiger partial charge in [-0.2, -0.15) is 0 Å². The van der Waals surface area contributed by atoms with Crippen molar-refractivity contribution in [3.8, 4) is 0 Å². The van der Waals surface area contributed by atoms with Gasteiger partial charge in [-0.25, -0.2) is 4.79 Å². The number of carbonyl (C=O) groups excluding carboxylic acids is 2. The van der Waals surface area contributed by atoms with Gasteiger partial charge in [-0.05, 0) is 37.0 Å². The Morgan fingerprint density at radius 3 is 2.33 bits per heavy atom. The summed E-state index contributed by atoms with van der Waals surface area (Å²) in [7, 11) is 3.50. The highest BCUT2D eigenvalue weighted by Crippen LogP contribution is 2.23. The molecule has 132 valence electrons. The lowest BCUT2D eigenvalue weighted by molar-refractivity contribution is -0.127. The summed E-state index contributed by atoms with van der Waals surface area (Å²) < 4.78 is 0. The summed E-state index contributed by atoms with van der Waals surface area (Å²) in [5.74, 6) is 0.0475. The lowest BCUT2D eigenvalue weighted by Crippen LogP contribution is -2.46.